The lowest BCUT2D eigenvalue weighted by molar-refractivity contribution is 0.0950. The summed E-state index contributed by atoms with van der Waals surface area (Å²) in [5, 5.41) is 2.79. The highest BCUT2D eigenvalue weighted by molar-refractivity contribution is 7.89. The fraction of sp³-hybridized carbons (Fsp3) is 0.400. The van der Waals surface area contributed by atoms with Crippen molar-refractivity contribution in [1.29, 1.82) is 0 Å². The van der Waals surface area contributed by atoms with E-state index >= 15 is 0 Å². The number of aryl methyl sites for hydroxylation is 1. The second kappa shape index (κ2) is 9.82. The summed E-state index contributed by atoms with van der Waals surface area (Å²) in [6.45, 7) is 4.65. The maximum atomic E-state index is 12.6. The molecule has 0 atom stereocenters. The maximum Gasteiger partial charge on any atom is 0.251 e. The molecule has 0 bridgehead atoms. The summed E-state index contributed by atoms with van der Waals surface area (Å²) in [4.78, 5) is 16.9. The molecule has 2 aromatic rings. The number of carbonyl (C=O) groups excluding carboxylic acids is 1. The number of hydrogen-bond donors (Lipinski definition) is 1. The summed E-state index contributed by atoms with van der Waals surface area (Å²) < 4.78 is 36.6. The minimum atomic E-state index is -3.65. The van der Waals surface area contributed by atoms with Gasteiger partial charge in [-0.05, 0) is 42.7 Å². The second-order valence-electron chi connectivity index (χ2n) is 6.73. The highest BCUT2D eigenvalue weighted by atomic mass is 32.2. The molecular formula is C20H27N3O5S. The number of methoxy groups -OCH3 is 1. The first-order valence-corrected chi connectivity index (χ1v) is 10.5. The molecule has 1 aromatic carbocycles. The van der Waals surface area contributed by atoms with E-state index in [0.717, 1.165) is 15.4 Å². The fourth-order valence-electron chi connectivity index (χ4n) is 2.54. The van der Waals surface area contributed by atoms with Crippen LogP contribution < -0.4 is 10.1 Å². The third-order valence-corrected chi connectivity index (χ3v) is 6.37. The standard InChI is InChI=1S/C20H27N3O5S/c1-14-10-17(11-18(15(14)2)29(25,26)23(3)4)20(24)22-13-16-6-7-19(21-12-16)28-9-8-27-5/h6-7,10-12H,8-9,13H2,1-5H3,(H,22,24). The Morgan fingerprint density at radius 3 is 2.48 bits per heavy atom. The Morgan fingerprint density at radius 2 is 1.90 bits per heavy atom. The van der Waals surface area contributed by atoms with Crippen LogP contribution in [0.1, 0.15) is 27.0 Å². The zero-order chi connectivity index (χ0) is 21.6. The highest BCUT2D eigenvalue weighted by Gasteiger charge is 2.22. The quantitative estimate of drug-likeness (QED) is 0.621. The summed E-state index contributed by atoms with van der Waals surface area (Å²) in [5.41, 5.74) is 2.45. The maximum absolute atomic E-state index is 12.6. The summed E-state index contributed by atoms with van der Waals surface area (Å²) >= 11 is 0. The first-order valence-electron chi connectivity index (χ1n) is 9.05. The molecule has 0 saturated carbocycles. The SMILES string of the molecule is COCCOc1ccc(CNC(=O)c2cc(C)c(C)c(S(=O)(=O)N(C)C)c2)cn1. The van der Waals surface area contributed by atoms with Crippen molar-refractivity contribution in [2.45, 2.75) is 25.3 Å². The van der Waals surface area contributed by atoms with Gasteiger partial charge in [-0.3, -0.25) is 4.79 Å². The number of rotatable bonds is 9. The normalized spacial score (nSPS) is 11.5. The van der Waals surface area contributed by atoms with Gasteiger partial charge in [0.15, 0.2) is 0 Å². The molecule has 29 heavy (non-hydrogen) atoms. The van der Waals surface area contributed by atoms with Crippen LogP contribution in [-0.4, -0.2) is 58.0 Å². The number of amides is 1. The van der Waals surface area contributed by atoms with E-state index in [2.05, 4.69) is 10.3 Å². The van der Waals surface area contributed by atoms with Crippen molar-refractivity contribution in [3.8, 4) is 5.88 Å². The van der Waals surface area contributed by atoms with Crippen LogP contribution in [0.15, 0.2) is 35.4 Å². The number of benzene rings is 1. The van der Waals surface area contributed by atoms with Gasteiger partial charge in [0, 0.05) is 45.6 Å². The van der Waals surface area contributed by atoms with Crippen molar-refractivity contribution in [3.63, 3.8) is 0 Å². The fourth-order valence-corrected chi connectivity index (χ4v) is 3.75. The first-order chi connectivity index (χ1) is 13.7. The van der Waals surface area contributed by atoms with Crippen LogP contribution >= 0.6 is 0 Å². The number of nitrogens with one attached hydrogen (secondary N) is 1. The molecule has 0 unspecified atom stereocenters. The average molecular weight is 422 g/mol. The van der Waals surface area contributed by atoms with Gasteiger partial charge in [0.2, 0.25) is 15.9 Å². The lowest BCUT2D eigenvalue weighted by Gasteiger charge is -2.16. The summed E-state index contributed by atoms with van der Waals surface area (Å²) in [6.07, 6.45) is 1.62. The molecule has 8 nitrogen and oxygen atoms in total. The molecule has 0 aliphatic heterocycles. The lowest BCUT2D eigenvalue weighted by Crippen LogP contribution is -2.26. The van der Waals surface area contributed by atoms with Crippen molar-refractivity contribution in [3.05, 3.63) is 52.7 Å². The lowest BCUT2D eigenvalue weighted by atomic mass is 10.1. The molecule has 1 heterocycles. The molecule has 0 radical (unpaired) electrons. The van der Waals surface area contributed by atoms with Gasteiger partial charge in [0.25, 0.3) is 5.91 Å². The van der Waals surface area contributed by atoms with E-state index in [-0.39, 0.29) is 17.3 Å². The van der Waals surface area contributed by atoms with Crippen LogP contribution in [0.5, 0.6) is 5.88 Å². The molecule has 158 valence electrons. The van der Waals surface area contributed by atoms with Crippen LogP contribution in [0.4, 0.5) is 0 Å². The first kappa shape index (κ1) is 22.8. The third-order valence-electron chi connectivity index (χ3n) is 4.43. The van der Waals surface area contributed by atoms with Crippen molar-refractivity contribution in [1.82, 2.24) is 14.6 Å². The predicted octanol–water partition coefficient (Wildman–Crippen LogP) is 1.90. The van der Waals surface area contributed by atoms with Crippen molar-refractivity contribution in [2.75, 3.05) is 34.4 Å². The summed E-state index contributed by atoms with van der Waals surface area (Å²) in [6, 6.07) is 6.62. The number of aromatic nitrogens is 1. The molecule has 0 aliphatic carbocycles. The molecule has 9 heteroatoms. The molecule has 2 rings (SSSR count). The zero-order valence-electron chi connectivity index (χ0n) is 17.4. The number of hydrogen-bond acceptors (Lipinski definition) is 6. The van der Waals surface area contributed by atoms with Crippen LogP contribution in [0, 0.1) is 13.8 Å². The molecule has 1 amide bonds. The monoisotopic (exact) mass is 421 g/mol. The number of carbonyl (C=O) groups is 1. The van der Waals surface area contributed by atoms with Crippen molar-refractivity contribution >= 4 is 15.9 Å². The predicted molar refractivity (Wildman–Crippen MR) is 110 cm³/mol. The second-order valence-corrected chi connectivity index (χ2v) is 8.85. The topological polar surface area (TPSA) is 97.8 Å². The minimum Gasteiger partial charge on any atom is -0.475 e. The van der Waals surface area contributed by atoms with Crippen LogP contribution in [0.3, 0.4) is 0 Å². The largest absolute Gasteiger partial charge is 0.475 e. The van der Waals surface area contributed by atoms with Gasteiger partial charge in [-0.15, -0.1) is 0 Å². The highest BCUT2D eigenvalue weighted by Crippen LogP contribution is 2.23. The number of sulfonamides is 1. The van der Waals surface area contributed by atoms with Crippen LogP contribution in [-0.2, 0) is 21.3 Å². The Labute approximate surface area is 171 Å². The van der Waals surface area contributed by atoms with Crippen LogP contribution in [0.25, 0.3) is 0 Å². The summed E-state index contributed by atoms with van der Waals surface area (Å²) in [7, 11) is 0.877. The smallest absolute Gasteiger partial charge is 0.251 e. The van der Waals surface area contributed by atoms with E-state index in [1.165, 1.54) is 20.2 Å². The van der Waals surface area contributed by atoms with E-state index in [1.807, 2.05) is 0 Å². The van der Waals surface area contributed by atoms with E-state index < -0.39 is 10.0 Å². The average Bonchev–Trinajstić information content (AvgIpc) is 2.69. The van der Waals surface area contributed by atoms with Crippen molar-refractivity contribution in [2.24, 2.45) is 0 Å². The minimum absolute atomic E-state index is 0.131. The van der Waals surface area contributed by atoms with Gasteiger partial charge < -0.3 is 14.8 Å². The Morgan fingerprint density at radius 1 is 1.17 bits per heavy atom. The Hall–Kier alpha value is -2.49. The van der Waals surface area contributed by atoms with Gasteiger partial charge in [0.1, 0.15) is 6.61 Å². The van der Waals surface area contributed by atoms with Gasteiger partial charge in [-0.25, -0.2) is 17.7 Å². The van der Waals surface area contributed by atoms with Crippen LogP contribution in [0.2, 0.25) is 0 Å². The molecule has 1 aromatic heterocycles. The third kappa shape index (κ3) is 5.75. The molecule has 1 N–H and O–H groups in total. The summed E-state index contributed by atoms with van der Waals surface area (Å²) in [5.74, 6) is 0.119. The number of nitrogens with zero attached hydrogens (tertiary/aromatic N) is 2. The molecule has 0 aliphatic rings. The molecule has 0 spiro atoms. The Kier molecular flexibility index (Phi) is 7.72. The molecule has 0 saturated heterocycles. The van der Waals surface area contributed by atoms with Gasteiger partial charge in [0.05, 0.1) is 11.5 Å². The van der Waals surface area contributed by atoms with Gasteiger partial charge in [-0.2, -0.15) is 0 Å². The zero-order valence-corrected chi connectivity index (χ0v) is 18.2. The van der Waals surface area contributed by atoms with Gasteiger partial charge in [-0.1, -0.05) is 6.07 Å². The number of ether oxygens (including phenoxy) is 2. The van der Waals surface area contributed by atoms with Gasteiger partial charge >= 0.3 is 0 Å². The number of pyridine rings is 1. The van der Waals surface area contributed by atoms with E-state index in [1.54, 1.807) is 45.4 Å². The molecule has 0 fully saturated rings. The van der Waals surface area contributed by atoms with E-state index in [0.29, 0.717) is 30.2 Å². The Balaban J connectivity index is 2.10. The Bertz CT molecular complexity index is 957. The van der Waals surface area contributed by atoms with Crippen molar-refractivity contribution < 1.29 is 22.7 Å². The van der Waals surface area contributed by atoms with E-state index in [4.69, 9.17) is 9.47 Å². The van der Waals surface area contributed by atoms with E-state index in [9.17, 15) is 13.2 Å². The molecular weight excluding hydrogens is 394 g/mol.